The van der Waals surface area contributed by atoms with E-state index in [0.717, 1.165) is 22.8 Å². The zero-order valence-corrected chi connectivity index (χ0v) is 23.7. The number of anilines is 1. The smallest absolute Gasteiger partial charge is 0.353 e. The lowest BCUT2D eigenvalue weighted by atomic mass is 10.0. The van der Waals surface area contributed by atoms with E-state index in [1.807, 2.05) is 41.5 Å². The molecule has 2 atom stereocenters. The van der Waals surface area contributed by atoms with Gasteiger partial charge in [-0.05, 0) is 6.92 Å². The third-order valence-corrected chi connectivity index (χ3v) is 9.57. The molecule has 3 aromatic rings. The van der Waals surface area contributed by atoms with Crippen molar-refractivity contribution < 1.29 is 28.9 Å². The Balaban J connectivity index is 1.32. The first-order valence-corrected chi connectivity index (χ1v) is 14.9. The van der Waals surface area contributed by atoms with E-state index in [0.29, 0.717) is 15.0 Å². The minimum absolute atomic E-state index is 0.0274. The van der Waals surface area contributed by atoms with Crippen molar-refractivity contribution >= 4 is 75.0 Å². The predicted molar refractivity (Wildman–Crippen MR) is 147 cm³/mol. The largest absolute Gasteiger partial charge is 0.477 e. The van der Waals surface area contributed by atoms with Crippen LogP contribution in [0.15, 0.2) is 50.0 Å². The lowest BCUT2D eigenvalue weighted by Crippen LogP contribution is -2.71. The number of hydrogen-bond donors (Lipinski definition) is 3. The normalized spacial score (nSPS) is 19.0. The second kappa shape index (κ2) is 11.3. The summed E-state index contributed by atoms with van der Waals surface area (Å²) >= 11 is 4.86. The average Bonchev–Trinajstić information content (AvgIpc) is 3.56. The lowest BCUT2D eigenvalue weighted by Gasteiger charge is -2.49. The topological polar surface area (TPSA) is 177 Å². The fraction of sp³-hybridized carbons (Fsp3) is 0.273. The van der Waals surface area contributed by atoms with Gasteiger partial charge in [0.2, 0.25) is 11.5 Å². The molecule has 2 aliphatic rings. The molecule has 2 amide bonds. The van der Waals surface area contributed by atoms with Crippen LogP contribution < -0.4 is 15.6 Å². The molecule has 5 heterocycles. The molecule has 0 spiro atoms. The van der Waals surface area contributed by atoms with Gasteiger partial charge in [-0.25, -0.2) is 14.3 Å². The molecule has 0 bridgehead atoms. The van der Waals surface area contributed by atoms with Crippen LogP contribution in [-0.4, -0.2) is 71.6 Å². The number of rotatable bonds is 9. The number of thioether (sulfide) groups is 2. The van der Waals surface area contributed by atoms with Crippen LogP contribution in [0.3, 0.4) is 0 Å². The van der Waals surface area contributed by atoms with Crippen LogP contribution >= 0.6 is 46.4 Å². The molecule has 39 heavy (non-hydrogen) atoms. The molecule has 0 aromatic carbocycles. The molecule has 0 saturated carbocycles. The summed E-state index contributed by atoms with van der Waals surface area (Å²) in [6.07, 6.45) is 3.84. The molecular formula is C22H21N8O5S4+. The maximum absolute atomic E-state index is 13.1. The van der Waals surface area contributed by atoms with Crippen LogP contribution in [0.2, 0.25) is 0 Å². The van der Waals surface area contributed by atoms with Gasteiger partial charge in [-0.15, -0.1) is 23.1 Å². The Hall–Kier alpha value is -3.54. The second-order valence-corrected chi connectivity index (χ2v) is 12.2. The van der Waals surface area contributed by atoms with Crippen molar-refractivity contribution in [3.8, 4) is 11.3 Å². The van der Waals surface area contributed by atoms with Crippen molar-refractivity contribution in [1.29, 1.82) is 0 Å². The van der Waals surface area contributed by atoms with Gasteiger partial charge in [0.15, 0.2) is 21.9 Å². The van der Waals surface area contributed by atoms with Crippen molar-refractivity contribution in [3.05, 3.63) is 46.3 Å². The number of aromatic nitrogens is 4. The predicted octanol–water partition coefficient (Wildman–Crippen LogP) is 1.30. The highest BCUT2D eigenvalue weighted by molar-refractivity contribution is 8.07. The van der Waals surface area contributed by atoms with Gasteiger partial charge in [0.05, 0.1) is 5.69 Å². The summed E-state index contributed by atoms with van der Waals surface area (Å²) in [6.45, 7) is 1.89. The van der Waals surface area contributed by atoms with Crippen LogP contribution in [0.4, 0.5) is 5.13 Å². The number of thiazole rings is 1. The highest BCUT2D eigenvalue weighted by Gasteiger charge is 2.54. The number of carbonyl (C=O) groups is 3. The summed E-state index contributed by atoms with van der Waals surface area (Å²) in [5, 5.41) is 17.8. The molecule has 2 aliphatic heterocycles. The fourth-order valence-corrected chi connectivity index (χ4v) is 7.63. The summed E-state index contributed by atoms with van der Waals surface area (Å²) in [5.74, 6) is -2.21. The summed E-state index contributed by atoms with van der Waals surface area (Å²) in [5.41, 5.74) is 7.02. The number of carboxylic acids is 1. The number of nitrogens with zero attached hydrogens (tertiary/aromatic N) is 6. The van der Waals surface area contributed by atoms with Crippen LogP contribution in [0.5, 0.6) is 0 Å². The van der Waals surface area contributed by atoms with E-state index in [1.165, 1.54) is 39.8 Å². The van der Waals surface area contributed by atoms with E-state index in [1.54, 1.807) is 6.92 Å². The average molecular weight is 606 g/mol. The molecule has 1 fully saturated rings. The number of β-lactam (4-membered cyclic amide) rings is 1. The van der Waals surface area contributed by atoms with Crippen molar-refractivity contribution in [2.75, 3.05) is 18.1 Å². The Morgan fingerprint density at radius 2 is 2.13 bits per heavy atom. The van der Waals surface area contributed by atoms with Crippen molar-refractivity contribution in [3.63, 3.8) is 0 Å². The Morgan fingerprint density at radius 1 is 1.36 bits per heavy atom. The maximum atomic E-state index is 13.1. The quantitative estimate of drug-likeness (QED) is 0.139. The number of carbonyl (C=O) groups excluding carboxylic acids is 2. The van der Waals surface area contributed by atoms with E-state index in [4.69, 9.17) is 10.6 Å². The van der Waals surface area contributed by atoms with E-state index in [2.05, 4.69) is 24.8 Å². The van der Waals surface area contributed by atoms with Crippen LogP contribution in [-0.2, 0) is 26.3 Å². The second-order valence-electron chi connectivity index (χ2n) is 8.10. The Bertz CT molecular complexity index is 1500. The van der Waals surface area contributed by atoms with Crippen molar-refractivity contribution in [2.24, 2.45) is 12.2 Å². The van der Waals surface area contributed by atoms with Crippen LogP contribution in [0.25, 0.3) is 11.3 Å². The highest BCUT2D eigenvalue weighted by atomic mass is 32.2. The zero-order valence-electron chi connectivity index (χ0n) is 20.4. The number of pyridine rings is 1. The molecule has 0 radical (unpaired) electrons. The van der Waals surface area contributed by atoms with Gasteiger partial charge in [-0.3, -0.25) is 14.5 Å². The minimum atomic E-state index is -1.23. The summed E-state index contributed by atoms with van der Waals surface area (Å²) < 4.78 is 6.57. The molecule has 17 heteroatoms. The first-order valence-electron chi connectivity index (χ1n) is 11.4. The van der Waals surface area contributed by atoms with Gasteiger partial charge in [-0.1, -0.05) is 16.9 Å². The third-order valence-electron chi connectivity index (χ3n) is 5.54. The standard InChI is InChI=1S/C22H20N8O5S4/c1-3-35-27-13(16-26-21(23)39-28-16)17(31)25-14-18(32)30-15(20(33)34)12(9-36-19(14)30)38-22-24-11(8-37-22)10-4-6-29(2)7-5-10/h4-8,14,19H,3,9H2,1-2H3,(H3-,23,25,26,28,31,33,34)/p+1/t14?,19-/m1/s1. The number of fused-ring (bicyclic) bond motifs is 1. The summed E-state index contributed by atoms with van der Waals surface area (Å²) in [4.78, 5) is 53.7. The number of nitrogens with one attached hydrogen (secondary N) is 1. The Kier molecular flexibility index (Phi) is 7.83. The molecule has 13 nitrogen and oxygen atoms in total. The number of amides is 2. The lowest BCUT2D eigenvalue weighted by molar-refractivity contribution is -0.671. The molecular weight excluding hydrogens is 585 g/mol. The van der Waals surface area contributed by atoms with Crippen molar-refractivity contribution in [2.45, 2.75) is 22.7 Å². The first-order chi connectivity index (χ1) is 18.8. The molecule has 202 valence electrons. The van der Waals surface area contributed by atoms with E-state index >= 15 is 0 Å². The Labute approximate surface area is 238 Å². The molecule has 1 saturated heterocycles. The van der Waals surface area contributed by atoms with Crippen LogP contribution in [0, 0.1) is 0 Å². The molecule has 5 rings (SSSR count). The first kappa shape index (κ1) is 27.0. The maximum Gasteiger partial charge on any atom is 0.353 e. The zero-order chi connectivity index (χ0) is 27.7. The van der Waals surface area contributed by atoms with Crippen LogP contribution in [0.1, 0.15) is 12.7 Å². The fourth-order valence-electron chi connectivity index (χ4n) is 3.74. The van der Waals surface area contributed by atoms with Gasteiger partial charge in [0.25, 0.3) is 11.8 Å². The van der Waals surface area contributed by atoms with Gasteiger partial charge in [-0.2, -0.15) is 9.36 Å². The van der Waals surface area contributed by atoms with Gasteiger partial charge in [0.1, 0.15) is 30.8 Å². The SMILES string of the molecule is CCON=C(C(=O)NC1C(=O)N2C(C(=O)O)=C(Sc3nc(-c4cc[n+](C)cc4)cs3)CS[C@H]12)c1nsc(N)n1. The van der Waals surface area contributed by atoms with Gasteiger partial charge >= 0.3 is 5.97 Å². The molecule has 3 aromatic heterocycles. The number of carboxylic acid groups (broad SMARTS) is 1. The number of aryl methyl sites for hydroxylation is 1. The third kappa shape index (κ3) is 5.47. The monoisotopic (exact) mass is 605 g/mol. The summed E-state index contributed by atoms with van der Waals surface area (Å²) in [7, 11) is 1.93. The number of oxime groups is 1. The van der Waals surface area contributed by atoms with E-state index in [-0.39, 0.29) is 29.0 Å². The number of aliphatic carboxylic acids is 1. The van der Waals surface area contributed by atoms with Crippen molar-refractivity contribution in [1.82, 2.24) is 24.6 Å². The number of nitrogen functional groups attached to an aromatic ring is 1. The van der Waals surface area contributed by atoms with E-state index in [9.17, 15) is 19.5 Å². The minimum Gasteiger partial charge on any atom is -0.477 e. The summed E-state index contributed by atoms with van der Waals surface area (Å²) in [6, 6.07) is 2.94. The van der Waals surface area contributed by atoms with Gasteiger partial charge < -0.3 is 21.0 Å². The molecule has 1 unspecified atom stereocenters. The number of hydrogen-bond acceptors (Lipinski definition) is 13. The highest BCUT2D eigenvalue weighted by Crippen LogP contribution is 2.46. The Morgan fingerprint density at radius 3 is 2.79 bits per heavy atom. The van der Waals surface area contributed by atoms with E-state index < -0.39 is 29.2 Å². The molecule has 0 aliphatic carbocycles. The molecule has 4 N–H and O–H groups in total. The van der Waals surface area contributed by atoms with Gasteiger partial charge in [0, 0.05) is 45.3 Å². The number of nitrogens with two attached hydrogens (primary N) is 1.